The van der Waals surface area contributed by atoms with E-state index in [4.69, 9.17) is 15.3 Å². The summed E-state index contributed by atoms with van der Waals surface area (Å²) in [6.07, 6.45) is 0.222. The molecular weight excluding hydrogens is 172 g/mol. The number of aromatic hydroxyl groups is 2. The molecule has 0 amide bonds. The minimum absolute atomic E-state index is 0.0440. The van der Waals surface area contributed by atoms with Crippen molar-refractivity contribution >= 4 is 5.97 Å². The van der Waals surface area contributed by atoms with E-state index >= 15 is 0 Å². The van der Waals surface area contributed by atoms with Crippen LogP contribution in [0.4, 0.5) is 0 Å². The predicted molar refractivity (Wildman–Crippen MR) is 46.7 cm³/mol. The molecule has 0 fully saturated rings. The lowest BCUT2D eigenvalue weighted by molar-refractivity contribution is -0.136. The van der Waals surface area contributed by atoms with Gasteiger partial charge in [-0.1, -0.05) is 6.92 Å². The number of aliphatic carboxylic acids is 1. The van der Waals surface area contributed by atoms with Gasteiger partial charge in [-0.05, 0) is 12.1 Å². The minimum Gasteiger partial charge on any atom is -0.504 e. The summed E-state index contributed by atoms with van der Waals surface area (Å²) in [7, 11) is 0. The van der Waals surface area contributed by atoms with Crippen molar-refractivity contribution in [2.45, 2.75) is 13.3 Å². The maximum absolute atomic E-state index is 9.37. The highest BCUT2D eigenvalue weighted by Crippen LogP contribution is 2.53. The number of hydrogen-bond acceptors (Lipinski definition) is 3. The second-order valence-electron chi connectivity index (χ2n) is 2.61. The highest BCUT2D eigenvalue weighted by molar-refractivity contribution is 5.92. The van der Waals surface area contributed by atoms with Crippen molar-refractivity contribution in [1.29, 1.82) is 0 Å². The van der Waals surface area contributed by atoms with Crippen LogP contribution >= 0.6 is 0 Å². The molecule has 4 heteroatoms. The van der Waals surface area contributed by atoms with Gasteiger partial charge in [0.15, 0.2) is 11.5 Å². The second kappa shape index (κ2) is 3.35. The Labute approximate surface area is 75.1 Å². The number of hydrogen-bond donors (Lipinski definition) is 3. The SMILES string of the molecule is CCC(=O)O.Oc1c2ccc-2c1O. The van der Waals surface area contributed by atoms with Crippen LogP contribution in [0.3, 0.4) is 0 Å². The molecule has 0 aromatic rings. The van der Waals surface area contributed by atoms with E-state index in [1.165, 1.54) is 0 Å². The summed E-state index contributed by atoms with van der Waals surface area (Å²) in [5.74, 6) is -0.657. The van der Waals surface area contributed by atoms with E-state index in [1.54, 1.807) is 19.1 Å². The summed E-state index contributed by atoms with van der Waals surface area (Å²) in [6.45, 7) is 1.60. The third-order valence-electron chi connectivity index (χ3n) is 1.74. The number of benzene rings is 1. The smallest absolute Gasteiger partial charge is 0.303 e. The zero-order chi connectivity index (χ0) is 10.0. The molecule has 0 aromatic heterocycles. The van der Waals surface area contributed by atoms with Gasteiger partial charge in [-0.3, -0.25) is 4.79 Å². The van der Waals surface area contributed by atoms with Crippen LogP contribution in [0.2, 0.25) is 0 Å². The van der Waals surface area contributed by atoms with Crippen LogP contribution in [-0.4, -0.2) is 21.3 Å². The van der Waals surface area contributed by atoms with Crippen LogP contribution in [0.1, 0.15) is 13.3 Å². The molecule has 0 aliphatic heterocycles. The average molecular weight is 182 g/mol. The summed E-state index contributed by atoms with van der Waals surface area (Å²) >= 11 is 0. The summed E-state index contributed by atoms with van der Waals surface area (Å²) in [5, 5.41) is 25.2. The number of fused-ring (bicyclic) bond motifs is 1. The molecule has 3 N–H and O–H groups in total. The summed E-state index contributed by atoms with van der Waals surface area (Å²) in [5.41, 5.74) is 1.59. The lowest BCUT2D eigenvalue weighted by Crippen LogP contribution is -1.91. The lowest BCUT2D eigenvalue weighted by atomic mass is 9.90. The third-order valence-corrected chi connectivity index (χ3v) is 1.74. The van der Waals surface area contributed by atoms with Gasteiger partial charge in [-0.25, -0.2) is 0 Å². The van der Waals surface area contributed by atoms with Crippen molar-refractivity contribution in [3.05, 3.63) is 12.1 Å². The van der Waals surface area contributed by atoms with E-state index in [0.29, 0.717) is 0 Å². The van der Waals surface area contributed by atoms with E-state index in [0.717, 1.165) is 11.1 Å². The molecule has 0 spiro atoms. The molecule has 70 valence electrons. The number of phenols is 2. The molecule has 0 saturated heterocycles. The molecule has 0 aromatic carbocycles. The Kier molecular flexibility index (Phi) is 2.41. The Balaban J connectivity index is 0.000000149. The Bertz CT molecular complexity index is 317. The number of rotatable bonds is 1. The van der Waals surface area contributed by atoms with E-state index in [2.05, 4.69) is 0 Å². The largest absolute Gasteiger partial charge is 0.504 e. The molecule has 2 rings (SSSR count). The van der Waals surface area contributed by atoms with Gasteiger partial charge in [0.1, 0.15) is 0 Å². The van der Waals surface area contributed by atoms with E-state index in [-0.39, 0.29) is 17.9 Å². The number of carboxylic acids is 1. The first-order chi connectivity index (χ1) is 6.07. The highest BCUT2D eigenvalue weighted by atomic mass is 16.4. The van der Waals surface area contributed by atoms with E-state index in [1.807, 2.05) is 0 Å². The number of carbonyl (C=O) groups is 1. The van der Waals surface area contributed by atoms with Crippen LogP contribution in [-0.2, 0) is 4.79 Å². The molecule has 0 heterocycles. The minimum atomic E-state index is -0.745. The Morgan fingerprint density at radius 1 is 1.23 bits per heavy atom. The van der Waals surface area contributed by atoms with Crippen LogP contribution in [0.15, 0.2) is 12.1 Å². The van der Waals surface area contributed by atoms with Crippen LogP contribution < -0.4 is 0 Å². The molecule has 4 nitrogen and oxygen atoms in total. The zero-order valence-electron chi connectivity index (χ0n) is 7.11. The average Bonchev–Trinajstić information content (AvgIpc) is 2.04. The van der Waals surface area contributed by atoms with Crippen molar-refractivity contribution in [2.24, 2.45) is 0 Å². The Hall–Kier alpha value is -1.71. The van der Waals surface area contributed by atoms with Gasteiger partial charge in [0.25, 0.3) is 0 Å². The predicted octanol–water partition coefficient (Wildman–Crippen LogP) is 1.56. The molecule has 2 aliphatic rings. The van der Waals surface area contributed by atoms with Crippen molar-refractivity contribution in [2.75, 3.05) is 0 Å². The quantitative estimate of drug-likeness (QED) is 0.585. The maximum Gasteiger partial charge on any atom is 0.303 e. The molecular formula is C9H10O4. The Morgan fingerprint density at radius 3 is 1.62 bits per heavy atom. The van der Waals surface area contributed by atoms with E-state index in [9.17, 15) is 4.79 Å². The fourth-order valence-electron chi connectivity index (χ4n) is 0.856. The van der Waals surface area contributed by atoms with Gasteiger partial charge >= 0.3 is 5.97 Å². The number of carboxylic acid groups (broad SMARTS) is 1. The molecule has 2 aliphatic carbocycles. The summed E-state index contributed by atoms with van der Waals surface area (Å²) in [4.78, 5) is 9.37. The molecule has 13 heavy (non-hydrogen) atoms. The number of phenolic OH excluding ortho intramolecular Hbond substituents is 2. The fraction of sp³-hybridized carbons (Fsp3) is 0.222. The Morgan fingerprint density at radius 2 is 1.54 bits per heavy atom. The molecule has 0 radical (unpaired) electrons. The van der Waals surface area contributed by atoms with E-state index < -0.39 is 5.97 Å². The van der Waals surface area contributed by atoms with Crippen LogP contribution in [0.25, 0.3) is 11.1 Å². The standard InChI is InChI=1S/C6H4O2.C3H6O2/c7-5-3-1-2-4(3)6(5)8;1-2-3(4)5/h1-2,7-8H;2H2,1H3,(H,4,5). The van der Waals surface area contributed by atoms with Crippen LogP contribution in [0.5, 0.6) is 11.5 Å². The molecule has 0 unspecified atom stereocenters. The van der Waals surface area contributed by atoms with Gasteiger partial charge in [0.2, 0.25) is 0 Å². The summed E-state index contributed by atoms with van der Waals surface area (Å²) < 4.78 is 0. The van der Waals surface area contributed by atoms with Gasteiger partial charge in [0.05, 0.1) is 0 Å². The monoisotopic (exact) mass is 182 g/mol. The maximum atomic E-state index is 9.37. The van der Waals surface area contributed by atoms with Crippen LogP contribution in [0, 0.1) is 0 Å². The third kappa shape index (κ3) is 1.56. The topological polar surface area (TPSA) is 77.8 Å². The second-order valence-corrected chi connectivity index (χ2v) is 2.61. The molecule has 0 atom stereocenters. The van der Waals surface area contributed by atoms with Gasteiger partial charge in [0, 0.05) is 17.5 Å². The summed E-state index contributed by atoms with van der Waals surface area (Å²) in [6, 6.07) is 3.54. The van der Waals surface area contributed by atoms with Gasteiger partial charge < -0.3 is 15.3 Å². The lowest BCUT2D eigenvalue weighted by Gasteiger charge is -2.18. The van der Waals surface area contributed by atoms with Crippen molar-refractivity contribution < 1.29 is 20.1 Å². The van der Waals surface area contributed by atoms with Crippen molar-refractivity contribution in [3.63, 3.8) is 0 Å². The first-order valence-electron chi connectivity index (χ1n) is 3.85. The fourth-order valence-corrected chi connectivity index (χ4v) is 0.856. The van der Waals surface area contributed by atoms with Crippen molar-refractivity contribution in [3.8, 4) is 22.6 Å². The van der Waals surface area contributed by atoms with Gasteiger partial charge in [-0.2, -0.15) is 0 Å². The molecule has 0 bridgehead atoms. The van der Waals surface area contributed by atoms with Crippen molar-refractivity contribution in [1.82, 2.24) is 0 Å². The zero-order valence-corrected chi connectivity index (χ0v) is 7.11. The highest BCUT2D eigenvalue weighted by Gasteiger charge is 2.24. The van der Waals surface area contributed by atoms with Gasteiger partial charge in [-0.15, -0.1) is 0 Å². The molecule has 0 saturated carbocycles. The first kappa shape index (κ1) is 9.38. The normalized spacial score (nSPS) is 9.92. The first-order valence-corrected chi connectivity index (χ1v) is 3.85.